The molecule has 0 aliphatic heterocycles. The molecule has 2 atom stereocenters. The van der Waals surface area contributed by atoms with Crippen LogP contribution in [0.2, 0.25) is 0 Å². The molecule has 1 aliphatic carbocycles. The Kier molecular flexibility index (Phi) is 11.2. The van der Waals surface area contributed by atoms with Crippen molar-refractivity contribution in [2.45, 2.75) is 65.0 Å². The number of carboxylic acids is 1. The average Bonchev–Trinajstić information content (AvgIpc) is 3.17. The highest BCUT2D eigenvalue weighted by atomic mass is 16.5. The summed E-state index contributed by atoms with van der Waals surface area (Å²) in [5.74, 6) is 0.0227. The Bertz CT molecular complexity index is 1370. The normalized spacial score (nSPS) is 14.5. The van der Waals surface area contributed by atoms with Crippen LogP contribution in [0.15, 0.2) is 29.1 Å². The first kappa shape index (κ1) is 32.2. The van der Waals surface area contributed by atoms with E-state index < -0.39 is 18.1 Å². The first-order chi connectivity index (χ1) is 20.0. The van der Waals surface area contributed by atoms with Gasteiger partial charge in [-0.1, -0.05) is 19.9 Å². The first-order valence-electron chi connectivity index (χ1n) is 14.0. The third-order valence-electron chi connectivity index (χ3n) is 7.14. The molecule has 2 aromatic rings. The number of aliphatic carboxylic acids is 1. The number of carbonyl (C=O) groups is 3. The maximum absolute atomic E-state index is 13.7. The topological polar surface area (TPSA) is 152 Å². The molecule has 11 nitrogen and oxygen atoms in total. The van der Waals surface area contributed by atoms with E-state index in [-0.39, 0.29) is 41.8 Å². The first-order valence-corrected chi connectivity index (χ1v) is 14.0. The Hall–Kier alpha value is -4.28. The summed E-state index contributed by atoms with van der Waals surface area (Å²) in [7, 11) is 4.61. The summed E-state index contributed by atoms with van der Waals surface area (Å²) >= 11 is 0. The number of hydrogen-bond acceptors (Lipinski definition) is 8. The maximum Gasteiger partial charge on any atom is 0.303 e. The standard InChI is InChI=1S/C31H41N3O8/c1-17(2)14-24(31(39)32-13-7-8-27(37)38)34-23-12-10-20-21(16-25(23)36)22(33-18(3)35)11-9-19-15-26(40-4)29(41-5)30(42-6)28(19)20/h10,12,15-17,22,24H,7-9,11,13-14H2,1-6H3,(H,32,39)(H,33,35)(H,34,36)(H,37,38)/t22-,24-/m1/s1. The number of aryl methyl sites for hydroxylation is 1. The van der Waals surface area contributed by atoms with Gasteiger partial charge >= 0.3 is 5.97 Å². The number of anilines is 1. The van der Waals surface area contributed by atoms with Crippen molar-refractivity contribution in [3.05, 3.63) is 45.6 Å². The lowest BCUT2D eigenvalue weighted by Crippen LogP contribution is -2.41. The lowest BCUT2D eigenvalue weighted by Gasteiger charge is -2.20. The number of carboxylic acid groups (broad SMARTS) is 1. The van der Waals surface area contributed by atoms with Crippen LogP contribution in [0.25, 0.3) is 11.1 Å². The molecule has 0 radical (unpaired) electrons. The van der Waals surface area contributed by atoms with Gasteiger partial charge in [-0.05, 0) is 66.5 Å². The van der Waals surface area contributed by atoms with E-state index in [0.29, 0.717) is 54.1 Å². The molecule has 2 aromatic carbocycles. The van der Waals surface area contributed by atoms with Crippen LogP contribution < -0.4 is 35.6 Å². The second kappa shape index (κ2) is 14.6. The Balaban J connectivity index is 2.14. The van der Waals surface area contributed by atoms with E-state index in [4.69, 9.17) is 19.3 Å². The number of methoxy groups -OCH3 is 3. The van der Waals surface area contributed by atoms with Crippen molar-refractivity contribution >= 4 is 23.5 Å². The molecule has 0 bridgehead atoms. The molecule has 0 fully saturated rings. The van der Waals surface area contributed by atoms with Gasteiger partial charge in [0.1, 0.15) is 6.04 Å². The number of benzene rings is 1. The van der Waals surface area contributed by atoms with Crippen molar-refractivity contribution in [2.75, 3.05) is 33.2 Å². The second-order valence-electron chi connectivity index (χ2n) is 10.7. The van der Waals surface area contributed by atoms with Crippen LogP contribution in [-0.2, 0) is 20.8 Å². The number of nitrogens with one attached hydrogen (secondary N) is 3. The number of amides is 2. The van der Waals surface area contributed by atoms with E-state index in [0.717, 1.165) is 11.1 Å². The van der Waals surface area contributed by atoms with Gasteiger partial charge < -0.3 is 35.3 Å². The average molecular weight is 584 g/mol. The molecule has 2 amide bonds. The highest BCUT2D eigenvalue weighted by Crippen LogP contribution is 2.50. The smallest absolute Gasteiger partial charge is 0.303 e. The zero-order valence-electron chi connectivity index (χ0n) is 25.1. The van der Waals surface area contributed by atoms with Gasteiger partial charge in [0.05, 0.1) is 33.1 Å². The second-order valence-corrected chi connectivity index (χ2v) is 10.7. The summed E-state index contributed by atoms with van der Waals surface area (Å²) in [6.45, 7) is 5.59. The third kappa shape index (κ3) is 7.71. The van der Waals surface area contributed by atoms with Crippen LogP contribution in [0.1, 0.15) is 63.6 Å². The lowest BCUT2D eigenvalue weighted by atomic mass is 9.95. The van der Waals surface area contributed by atoms with Crippen molar-refractivity contribution in [1.29, 1.82) is 0 Å². The molecule has 3 rings (SSSR count). The van der Waals surface area contributed by atoms with Crippen molar-refractivity contribution < 1.29 is 33.7 Å². The van der Waals surface area contributed by atoms with Gasteiger partial charge in [0.15, 0.2) is 11.5 Å². The fraction of sp³-hybridized carbons (Fsp3) is 0.484. The lowest BCUT2D eigenvalue weighted by molar-refractivity contribution is -0.137. The maximum atomic E-state index is 13.7. The van der Waals surface area contributed by atoms with Gasteiger partial charge in [0.2, 0.25) is 23.0 Å². The van der Waals surface area contributed by atoms with Crippen LogP contribution >= 0.6 is 0 Å². The van der Waals surface area contributed by atoms with E-state index in [1.165, 1.54) is 27.2 Å². The number of carbonyl (C=O) groups excluding carboxylic acids is 2. The van der Waals surface area contributed by atoms with Gasteiger partial charge in [-0.25, -0.2) is 0 Å². The van der Waals surface area contributed by atoms with E-state index in [2.05, 4.69) is 16.0 Å². The molecule has 228 valence electrons. The third-order valence-corrected chi connectivity index (χ3v) is 7.14. The molecule has 0 saturated carbocycles. The number of rotatable bonds is 13. The predicted octanol–water partition coefficient (Wildman–Crippen LogP) is 3.67. The van der Waals surface area contributed by atoms with E-state index in [1.54, 1.807) is 19.2 Å². The zero-order chi connectivity index (χ0) is 31.0. The molecule has 0 saturated heterocycles. The van der Waals surface area contributed by atoms with Crippen LogP contribution in [0.4, 0.5) is 5.69 Å². The molecule has 0 unspecified atom stereocenters. The highest BCUT2D eigenvalue weighted by molar-refractivity contribution is 5.86. The van der Waals surface area contributed by atoms with Crippen LogP contribution in [0, 0.1) is 5.92 Å². The van der Waals surface area contributed by atoms with Gasteiger partial charge in [-0.2, -0.15) is 0 Å². The largest absolute Gasteiger partial charge is 0.493 e. The summed E-state index contributed by atoms with van der Waals surface area (Å²) < 4.78 is 17.0. The zero-order valence-corrected chi connectivity index (χ0v) is 25.1. The molecule has 0 heterocycles. The van der Waals surface area contributed by atoms with Gasteiger partial charge in [0.25, 0.3) is 0 Å². The highest BCUT2D eigenvalue weighted by Gasteiger charge is 2.30. The van der Waals surface area contributed by atoms with Crippen molar-refractivity contribution in [1.82, 2.24) is 10.6 Å². The van der Waals surface area contributed by atoms with Crippen molar-refractivity contribution in [2.24, 2.45) is 5.92 Å². The number of hydrogen-bond donors (Lipinski definition) is 4. The van der Waals surface area contributed by atoms with Crippen molar-refractivity contribution in [3.63, 3.8) is 0 Å². The predicted molar refractivity (Wildman–Crippen MR) is 159 cm³/mol. The molecule has 0 aromatic heterocycles. The monoisotopic (exact) mass is 583 g/mol. The Morgan fingerprint density at radius 1 is 1.05 bits per heavy atom. The molecule has 0 spiro atoms. The van der Waals surface area contributed by atoms with Crippen LogP contribution in [-0.4, -0.2) is 56.8 Å². The summed E-state index contributed by atoms with van der Waals surface area (Å²) in [6.07, 6.45) is 1.80. The summed E-state index contributed by atoms with van der Waals surface area (Å²) in [5, 5.41) is 17.8. The molecule has 1 aliphatic rings. The van der Waals surface area contributed by atoms with Gasteiger partial charge in [0, 0.05) is 25.5 Å². The van der Waals surface area contributed by atoms with Crippen LogP contribution in [0.5, 0.6) is 17.2 Å². The molecular formula is C31H41N3O8. The summed E-state index contributed by atoms with van der Waals surface area (Å²) in [4.78, 5) is 49.7. The number of ether oxygens (including phenoxy) is 3. The van der Waals surface area contributed by atoms with E-state index in [9.17, 15) is 19.2 Å². The summed E-state index contributed by atoms with van der Waals surface area (Å²) in [6, 6.07) is 5.64. The Morgan fingerprint density at radius 2 is 1.76 bits per heavy atom. The van der Waals surface area contributed by atoms with Crippen LogP contribution in [0.3, 0.4) is 0 Å². The molecule has 11 heteroatoms. The minimum Gasteiger partial charge on any atom is -0.493 e. The van der Waals surface area contributed by atoms with E-state index in [1.807, 2.05) is 19.9 Å². The molecule has 4 N–H and O–H groups in total. The number of fused-ring (bicyclic) bond motifs is 3. The SMILES string of the molecule is COc1cc2c(c(OC)c1OC)-c1ccc(N[C@H](CC(C)C)C(=O)NCCCC(=O)O)c(=O)cc1[C@H](NC(C)=O)CC2. The Labute approximate surface area is 245 Å². The summed E-state index contributed by atoms with van der Waals surface area (Å²) in [5.41, 5.74) is 2.81. The van der Waals surface area contributed by atoms with Crippen molar-refractivity contribution in [3.8, 4) is 28.4 Å². The minimum atomic E-state index is -0.930. The van der Waals surface area contributed by atoms with Gasteiger partial charge in [-0.3, -0.25) is 19.2 Å². The molecular weight excluding hydrogens is 542 g/mol. The fourth-order valence-electron chi connectivity index (χ4n) is 5.29. The Morgan fingerprint density at radius 3 is 2.36 bits per heavy atom. The van der Waals surface area contributed by atoms with E-state index >= 15 is 0 Å². The fourth-order valence-corrected chi connectivity index (χ4v) is 5.29. The quantitative estimate of drug-likeness (QED) is 0.259. The van der Waals surface area contributed by atoms with Gasteiger partial charge in [-0.15, -0.1) is 0 Å². The minimum absolute atomic E-state index is 0.0512. The molecule has 42 heavy (non-hydrogen) atoms.